The van der Waals surface area contributed by atoms with Crippen LogP contribution in [0.15, 0.2) is 146 Å². The van der Waals surface area contributed by atoms with Crippen molar-refractivity contribution in [1.29, 1.82) is 0 Å². The Labute approximate surface area is 408 Å². The molecular formula is C58H52N7OPt-3. The van der Waals surface area contributed by atoms with Gasteiger partial charge in [0.05, 0.1) is 0 Å². The third-order valence-electron chi connectivity index (χ3n) is 12.5. The molecular weight excluding hydrogens is 1010 g/mol. The Bertz CT molecular complexity index is 3210. The van der Waals surface area contributed by atoms with Crippen molar-refractivity contribution in [2.75, 3.05) is 9.80 Å². The molecule has 0 amide bonds. The zero-order valence-electron chi connectivity index (χ0n) is 39.3. The molecule has 10 rings (SSSR count). The monoisotopic (exact) mass is 1060 g/mol. The van der Waals surface area contributed by atoms with E-state index in [-0.39, 0.29) is 31.9 Å². The van der Waals surface area contributed by atoms with Crippen LogP contribution in [0.3, 0.4) is 0 Å². The third kappa shape index (κ3) is 8.91. The summed E-state index contributed by atoms with van der Waals surface area (Å²) in [7, 11) is 0. The van der Waals surface area contributed by atoms with Gasteiger partial charge in [-0.3, -0.25) is 0 Å². The predicted molar refractivity (Wildman–Crippen MR) is 269 cm³/mol. The van der Waals surface area contributed by atoms with Crippen molar-refractivity contribution >= 4 is 33.2 Å². The standard InChI is InChI=1S/C58H52N7O.Pt/c1-37-31-45(32-38(2)39(37)3)64-30-29-63(36-64)44-15-14-16-46(33-44)66-52-35-51-48(47-17-10-11-18-50(47)65(51)53-19-12-13-28-59-53)34-49(52)56-61-54(40-20-24-42(25-21-40)57(4,5)6)60-55(62-56)41-22-26-43(27-23-41)58(7,8)9;/h10-32,34,36H,1-9H3;/q-3;. The van der Waals surface area contributed by atoms with Crippen molar-refractivity contribution in [3.8, 4) is 51.5 Å². The molecule has 8 nitrogen and oxygen atoms in total. The van der Waals surface area contributed by atoms with Gasteiger partial charge in [0.15, 0.2) is 11.6 Å². The molecule has 0 spiro atoms. The first-order chi connectivity index (χ1) is 31.7. The summed E-state index contributed by atoms with van der Waals surface area (Å²) in [6.45, 7) is 21.8. The molecule has 1 aliphatic rings. The van der Waals surface area contributed by atoms with E-state index in [4.69, 9.17) is 24.7 Å². The minimum atomic E-state index is -0.00910. The van der Waals surface area contributed by atoms with Crippen molar-refractivity contribution in [3.63, 3.8) is 0 Å². The molecule has 1 aliphatic heterocycles. The van der Waals surface area contributed by atoms with Gasteiger partial charge in [-0.1, -0.05) is 120 Å². The van der Waals surface area contributed by atoms with E-state index in [1.54, 1.807) is 0 Å². The van der Waals surface area contributed by atoms with Gasteiger partial charge in [0.1, 0.15) is 11.6 Å². The van der Waals surface area contributed by atoms with Gasteiger partial charge >= 0.3 is 0 Å². The molecule has 338 valence electrons. The number of aryl methyl sites for hydroxylation is 2. The van der Waals surface area contributed by atoms with Crippen LogP contribution < -0.4 is 14.5 Å². The van der Waals surface area contributed by atoms with Crippen LogP contribution in [0.5, 0.6) is 11.5 Å². The van der Waals surface area contributed by atoms with Gasteiger partial charge in [0.2, 0.25) is 0 Å². The van der Waals surface area contributed by atoms with Crippen LogP contribution in [0.2, 0.25) is 0 Å². The fourth-order valence-corrected chi connectivity index (χ4v) is 8.45. The third-order valence-corrected chi connectivity index (χ3v) is 12.5. The Balaban J connectivity index is 0.00000562. The van der Waals surface area contributed by atoms with Crippen molar-refractivity contribution < 1.29 is 25.8 Å². The number of anilines is 2. The first-order valence-corrected chi connectivity index (χ1v) is 22.5. The second-order valence-corrected chi connectivity index (χ2v) is 19.2. The summed E-state index contributed by atoms with van der Waals surface area (Å²) < 4.78 is 9.12. The van der Waals surface area contributed by atoms with Crippen molar-refractivity contribution in [1.82, 2.24) is 24.5 Å². The van der Waals surface area contributed by atoms with Crippen LogP contribution in [-0.2, 0) is 31.9 Å². The largest absolute Gasteiger partial charge is 0.508 e. The van der Waals surface area contributed by atoms with Crippen LogP contribution in [0, 0.1) is 39.6 Å². The quantitative estimate of drug-likeness (QED) is 0.140. The average Bonchev–Trinajstić information content (AvgIpc) is 3.94. The Morgan fingerprint density at radius 3 is 1.79 bits per heavy atom. The number of benzene rings is 6. The van der Waals surface area contributed by atoms with Gasteiger partial charge in [-0.05, 0) is 113 Å². The molecule has 0 atom stereocenters. The first kappa shape index (κ1) is 45.3. The van der Waals surface area contributed by atoms with Crippen molar-refractivity contribution in [2.24, 2.45) is 0 Å². The van der Waals surface area contributed by atoms with Crippen molar-refractivity contribution in [2.45, 2.75) is 73.1 Å². The number of pyridine rings is 1. The van der Waals surface area contributed by atoms with Crippen LogP contribution in [0.4, 0.5) is 11.4 Å². The summed E-state index contributed by atoms with van der Waals surface area (Å²) >= 11 is 0. The molecule has 4 heterocycles. The number of rotatable bonds is 8. The van der Waals surface area contributed by atoms with E-state index < -0.39 is 0 Å². The number of aromatic nitrogens is 5. The number of hydrogen-bond acceptors (Lipinski definition) is 7. The van der Waals surface area contributed by atoms with Gasteiger partial charge in [0, 0.05) is 61.1 Å². The second-order valence-electron chi connectivity index (χ2n) is 19.2. The van der Waals surface area contributed by atoms with Gasteiger partial charge in [-0.2, -0.15) is 6.07 Å². The maximum absolute atomic E-state index is 6.99. The van der Waals surface area contributed by atoms with E-state index in [1.165, 1.54) is 27.8 Å². The molecule has 67 heavy (non-hydrogen) atoms. The predicted octanol–water partition coefficient (Wildman–Crippen LogP) is 14.2. The van der Waals surface area contributed by atoms with E-state index in [0.717, 1.165) is 50.1 Å². The molecule has 0 saturated carbocycles. The van der Waals surface area contributed by atoms with Gasteiger partial charge in [-0.25, -0.2) is 19.9 Å². The zero-order chi connectivity index (χ0) is 45.9. The molecule has 0 bridgehead atoms. The van der Waals surface area contributed by atoms with E-state index in [1.807, 2.05) is 59.8 Å². The van der Waals surface area contributed by atoms with E-state index >= 15 is 0 Å². The summed E-state index contributed by atoms with van der Waals surface area (Å²) in [5.74, 6) is 3.31. The summed E-state index contributed by atoms with van der Waals surface area (Å²) in [4.78, 5) is 24.6. The molecule has 9 heteroatoms. The van der Waals surface area contributed by atoms with Gasteiger partial charge in [0.25, 0.3) is 0 Å². The molecule has 0 unspecified atom stereocenters. The van der Waals surface area contributed by atoms with Gasteiger partial charge < -0.3 is 19.1 Å². The van der Waals surface area contributed by atoms with Crippen molar-refractivity contribution in [3.05, 3.63) is 193 Å². The number of fused-ring (bicyclic) bond motifs is 3. The molecule has 6 aromatic carbocycles. The topological polar surface area (TPSA) is 72.2 Å². The summed E-state index contributed by atoms with van der Waals surface area (Å²) in [5.41, 5.74) is 12.4. The number of ether oxygens (including phenoxy) is 1. The summed E-state index contributed by atoms with van der Waals surface area (Å²) in [6.07, 6.45) is 5.90. The smallest absolute Gasteiger partial charge is 0.162 e. The number of hydrogen-bond donors (Lipinski definition) is 0. The molecule has 3 aromatic heterocycles. The van der Waals surface area contributed by atoms with Crippen LogP contribution in [0.25, 0.3) is 61.8 Å². The Morgan fingerprint density at radius 1 is 0.582 bits per heavy atom. The van der Waals surface area contributed by atoms with Gasteiger partial charge in [-0.15, -0.1) is 48.1 Å². The number of para-hydroxylation sites is 1. The fraction of sp³-hybridized carbons (Fsp3) is 0.190. The SMILES string of the molecule is Cc1cc(N2C=CN(c3[c-]c(Oc4[c-]c5c(cc4-c4nc(-c6ccc(C(C)(C)C)cc6)nc(-c6ccc(C(C)(C)C)cc6)n4)c4ccccc4n5-c4ccccn4)ccc3)[CH-]2)cc(C)c1C.[Pt]. The molecule has 9 aromatic rings. The first-order valence-electron chi connectivity index (χ1n) is 22.5. The van der Waals surface area contributed by atoms with E-state index in [0.29, 0.717) is 34.5 Å². The van der Waals surface area contributed by atoms with Crippen LogP contribution >= 0.6 is 0 Å². The molecule has 0 aliphatic carbocycles. The van der Waals surface area contributed by atoms with Crippen LogP contribution in [-0.4, -0.2) is 24.5 Å². The Hall–Kier alpha value is -6.89. The summed E-state index contributed by atoms with van der Waals surface area (Å²) in [6, 6.07) is 51.1. The van der Waals surface area contributed by atoms with E-state index in [2.05, 4.69) is 182 Å². The molecule has 0 saturated heterocycles. The second kappa shape index (κ2) is 17.7. The van der Waals surface area contributed by atoms with E-state index in [9.17, 15) is 0 Å². The Morgan fingerprint density at radius 2 is 1.18 bits per heavy atom. The zero-order valence-corrected chi connectivity index (χ0v) is 41.6. The Kier molecular flexibility index (Phi) is 12.0. The normalized spacial score (nSPS) is 12.9. The minimum absolute atomic E-state index is 0. The number of nitrogens with zero attached hydrogens (tertiary/aromatic N) is 7. The maximum atomic E-state index is 6.99. The average molecular weight is 1060 g/mol. The minimum Gasteiger partial charge on any atom is -0.508 e. The van der Waals surface area contributed by atoms with Crippen LogP contribution in [0.1, 0.15) is 69.4 Å². The molecule has 0 fully saturated rings. The maximum Gasteiger partial charge on any atom is 0.162 e. The molecule has 0 N–H and O–H groups in total. The fourth-order valence-electron chi connectivity index (χ4n) is 8.45. The summed E-state index contributed by atoms with van der Waals surface area (Å²) in [5, 5.41) is 2.00. The molecule has 0 radical (unpaired) electrons.